The van der Waals surface area contributed by atoms with Crippen molar-refractivity contribution in [3.05, 3.63) is 0 Å². The second kappa shape index (κ2) is 10.8. The van der Waals surface area contributed by atoms with E-state index in [1.807, 2.05) is 7.05 Å². The molecule has 6 nitrogen and oxygen atoms in total. The molecule has 0 aromatic heterocycles. The molecule has 6 heteroatoms. The number of hydrogen-bond acceptors (Lipinski definition) is 4. The van der Waals surface area contributed by atoms with Crippen LogP contribution in [0.1, 0.15) is 34.1 Å². The molecule has 1 heterocycles. The highest BCUT2D eigenvalue weighted by Crippen LogP contribution is 2.14. The number of nitrogens with zero attached hydrogens (tertiary/aromatic N) is 3. The average molecular weight is 328 g/mol. The van der Waals surface area contributed by atoms with Crippen molar-refractivity contribution in [2.75, 3.05) is 66.1 Å². The van der Waals surface area contributed by atoms with Crippen LogP contribution in [-0.2, 0) is 4.74 Å². The number of ether oxygens (including phenoxy) is 1. The zero-order valence-corrected chi connectivity index (χ0v) is 15.8. The lowest BCUT2D eigenvalue weighted by molar-refractivity contribution is -0.00834. The summed E-state index contributed by atoms with van der Waals surface area (Å²) in [6, 6.07) is 0. The normalized spacial score (nSPS) is 17.6. The van der Waals surface area contributed by atoms with Gasteiger partial charge in [0.2, 0.25) is 0 Å². The zero-order valence-electron chi connectivity index (χ0n) is 15.8. The van der Waals surface area contributed by atoms with Crippen molar-refractivity contribution in [2.45, 2.75) is 39.7 Å². The summed E-state index contributed by atoms with van der Waals surface area (Å²) in [5.74, 6) is 0.888. The molecule has 0 saturated carbocycles. The van der Waals surface area contributed by atoms with Crippen molar-refractivity contribution in [1.29, 1.82) is 0 Å². The van der Waals surface area contributed by atoms with E-state index < -0.39 is 0 Å². The van der Waals surface area contributed by atoms with Gasteiger partial charge in [0.1, 0.15) is 0 Å². The van der Waals surface area contributed by atoms with Gasteiger partial charge in [0.05, 0.1) is 13.2 Å². The predicted octanol–water partition coefficient (Wildman–Crippen LogP) is 0.994. The Morgan fingerprint density at radius 1 is 1.17 bits per heavy atom. The smallest absolute Gasteiger partial charge is 0.191 e. The summed E-state index contributed by atoms with van der Waals surface area (Å²) >= 11 is 0. The summed E-state index contributed by atoms with van der Waals surface area (Å²) in [7, 11) is 1.83. The van der Waals surface area contributed by atoms with Gasteiger partial charge in [0, 0.05) is 45.3 Å². The maximum Gasteiger partial charge on any atom is 0.191 e. The van der Waals surface area contributed by atoms with E-state index in [1.165, 1.54) is 6.42 Å². The Hall–Kier alpha value is -0.850. The van der Waals surface area contributed by atoms with Crippen molar-refractivity contribution in [3.8, 4) is 0 Å². The molecule has 23 heavy (non-hydrogen) atoms. The molecule has 136 valence electrons. The van der Waals surface area contributed by atoms with Crippen LogP contribution >= 0.6 is 0 Å². The van der Waals surface area contributed by atoms with E-state index in [2.05, 4.69) is 53.1 Å². The molecule has 0 aromatic rings. The van der Waals surface area contributed by atoms with Crippen LogP contribution in [0.3, 0.4) is 0 Å². The summed E-state index contributed by atoms with van der Waals surface area (Å²) < 4.78 is 5.44. The fourth-order valence-electron chi connectivity index (χ4n) is 2.88. The first-order valence-electron chi connectivity index (χ1n) is 9.03. The molecule has 0 radical (unpaired) electrons. The topological polar surface area (TPSA) is 52.1 Å². The molecule has 2 N–H and O–H groups in total. The Kier molecular flexibility index (Phi) is 9.52. The number of rotatable bonds is 9. The Morgan fingerprint density at radius 2 is 1.87 bits per heavy atom. The van der Waals surface area contributed by atoms with Gasteiger partial charge in [-0.2, -0.15) is 0 Å². The van der Waals surface area contributed by atoms with Crippen LogP contribution < -0.4 is 10.6 Å². The van der Waals surface area contributed by atoms with Gasteiger partial charge in [-0.05, 0) is 33.4 Å². The van der Waals surface area contributed by atoms with Gasteiger partial charge in [-0.3, -0.25) is 9.89 Å². The number of likely N-dealkylation sites (N-methyl/N-ethyl adjacent to an activating group) is 1. The lowest BCUT2D eigenvalue weighted by atomic mass is 10.0. The first kappa shape index (κ1) is 20.2. The van der Waals surface area contributed by atoms with Crippen LogP contribution in [0.5, 0.6) is 0 Å². The van der Waals surface area contributed by atoms with Gasteiger partial charge in [-0.15, -0.1) is 0 Å². The Labute approximate surface area is 142 Å². The van der Waals surface area contributed by atoms with Crippen LogP contribution in [0.2, 0.25) is 0 Å². The molecule has 1 aliphatic heterocycles. The van der Waals surface area contributed by atoms with E-state index in [0.717, 1.165) is 65.0 Å². The molecule has 1 fully saturated rings. The number of morpholine rings is 1. The third-order valence-corrected chi connectivity index (χ3v) is 4.49. The largest absolute Gasteiger partial charge is 0.379 e. The molecule has 1 saturated heterocycles. The Bertz CT molecular complexity index is 340. The maximum atomic E-state index is 5.44. The molecule has 1 aliphatic rings. The number of aliphatic imine (C=N–C) groups is 1. The van der Waals surface area contributed by atoms with E-state index in [-0.39, 0.29) is 5.54 Å². The van der Waals surface area contributed by atoms with E-state index in [4.69, 9.17) is 4.74 Å². The SMILES string of the molecule is CCCN(CC)CCNC(=NC)NCC(C)(C)N1CCOCC1. The highest BCUT2D eigenvalue weighted by molar-refractivity contribution is 5.79. The van der Waals surface area contributed by atoms with Crippen LogP contribution in [0.15, 0.2) is 4.99 Å². The Balaban J connectivity index is 2.32. The van der Waals surface area contributed by atoms with Crippen LogP contribution in [0.25, 0.3) is 0 Å². The van der Waals surface area contributed by atoms with Gasteiger partial charge < -0.3 is 20.3 Å². The fourth-order valence-corrected chi connectivity index (χ4v) is 2.88. The molecule has 0 spiro atoms. The maximum absolute atomic E-state index is 5.44. The number of nitrogens with one attached hydrogen (secondary N) is 2. The van der Waals surface area contributed by atoms with Crippen molar-refractivity contribution < 1.29 is 4.74 Å². The van der Waals surface area contributed by atoms with Crippen LogP contribution in [0, 0.1) is 0 Å². The first-order valence-corrected chi connectivity index (χ1v) is 9.03. The summed E-state index contributed by atoms with van der Waals surface area (Å²) in [4.78, 5) is 9.28. The molecule has 0 aromatic carbocycles. The quantitative estimate of drug-likeness (QED) is 0.489. The van der Waals surface area contributed by atoms with Crippen molar-refractivity contribution >= 4 is 5.96 Å². The van der Waals surface area contributed by atoms with Crippen LogP contribution in [-0.4, -0.2) is 87.4 Å². The van der Waals surface area contributed by atoms with Gasteiger partial charge in [0.25, 0.3) is 0 Å². The minimum Gasteiger partial charge on any atom is -0.379 e. The highest BCUT2D eigenvalue weighted by atomic mass is 16.5. The van der Waals surface area contributed by atoms with Crippen molar-refractivity contribution in [2.24, 2.45) is 4.99 Å². The van der Waals surface area contributed by atoms with Crippen LogP contribution in [0.4, 0.5) is 0 Å². The first-order chi connectivity index (χ1) is 11.0. The van der Waals surface area contributed by atoms with E-state index >= 15 is 0 Å². The minimum absolute atomic E-state index is 0.0963. The predicted molar refractivity (Wildman–Crippen MR) is 98.2 cm³/mol. The second-order valence-corrected chi connectivity index (χ2v) is 6.70. The summed E-state index contributed by atoms with van der Waals surface area (Å²) in [5, 5.41) is 6.89. The van der Waals surface area contributed by atoms with E-state index in [9.17, 15) is 0 Å². The monoisotopic (exact) mass is 327 g/mol. The highest BCUT2D eigenvalue weighted by Gasteiger charge is 2.28. The standard InChI is InChI=1S/C17H37N5O/c1-6-9-21(7-2)10-8-19-16(18-5)20-15-17(3,4)22-11-13-23-14-12-22/h6-15H2,1-5H3,(H2,18,19,20). The lowest BCUT2D eigenvalue weighted by Crippen LogP contribution is -2.56. The van der Waals surface area contributed by atoms with Gasteiger partial charge >= 0.3 is 0 Å². The van der Waals surface area contributed by atoms with Crippen molar-refractivity contribution in [3.63, 3.8) is 0 Å². The molecule has 0 aliphatic carbocycles. The summed E-state index contributed by atoms with van der Waals surface area (Å²) in [6.45, 7) is 17.8. The minimum atomic E-state index is 0.0963. The van der Waals surface area contributed by atoms with E-state index in [0.29, 0.717) is 0 Å². The third kappa shape index (κ3) is 7.50. The molecule has 1 rings (SSSR count). The molecule has 0 unspecified atom stereocenters. The molecule has 0 bridgehead atoms. The molecular weight excluding hydrogens is 290 g/mol. The molecular formula is C17H37N5O. The fraction of sp³-hybridized carbons (Fsp3) is 0.941. The lowest BCUT2D eigenvalue weighted by Gasteiger charge is -2.41. The Morgan fingerprint density at radius 3 is 2.43 bits per heavy atom. The van der Waals surface area contributed by atoms with Gasteiger partial charge in [-0.1, -0.05) is 13.8 Å². The molecule has 0 atom stereocenters. The average Bonchev–Trinajstić information content (AvgIpc) is 2.57. The molecule has 0 amide bonds. The van der Waals surface area contributed by atoms with Crippen molar-refractivity contribution in [1.82, 2.24) is 20.4 Å². The third-order valence-electron chi connectivity index (χ3n) is 4.49. The summed E-state index contributed by atoms with van der Waals surface area (Å²) in [5.41, 5.74) is 0.0963. The number of hydrogen-bond donors (Lipinski definition) is 2. The zero-order chi connectivity index (χ0) is 17.1. The van der Waals surface area contributed by atoms with Gasteiger partial charge in [-0.25, -0.2) is 0 Å². The number of guanidine groups is 1. The summed E-state index contributed by atoms with van der Waals surface area (Å²) in [6.07, 6.45) is 1.20. The second-order valence-electron chi connectivity index (χ2n) is 6.70. The van der Waals surface area contributed by atoms with E-state index in [1.54, 1.807) is 0 Å². The van der Waals surface area contributed by atoms with Gasteiger partial charge in [0.15, 0.2) is 5.96 Å².